The molecule has 0 radical (unpaired) electrons. The highest BCUT2D eigenvalue weighted by molar-refractivity contribution is 6.00. The molecule has 0 fully saturated rings. The van der Waals surface area contributed by atoms with Gasteiger partial charge in [-0.15, -0.1) is 5.10 Å². The summed E-state index contributed by atoms with van der Waals surface area (Å²) in [6.45, 7) is 0. The van der Waals surface area contributed by atoms with Crippen molar-refractivity contribution in [1.29, 1.82) is 0 Å². The Morgan fingerprint density at radius 3 is 2.62 bits per heavy atom. The van der Waals surface area contributed by atoms with Crippen molar-refractivity contribution in [3.8, 4) is 0 Å². The predicted octanol–water partition coefficient (Wildman–Crippen LogP) is 3.62. The number of pyridine rings is 1. The zero-order chi connectivity index (χ0) is 18.7. The third-order valence-electron chi connectivity index (χ3n) is 3.05. The predicted molar refractivity (Wildman–Crippen MR) is 81.2 cm³/mol. The number of nitrogens with zero attached hydrogens (tertiary/aromatic N) is 3. The topological polar surface area (TPSA) is 92.9 Å². The SMILES string of the molecule is O=C(Nc1ccccn1)c1nnc(Nc2ccc(F)c(C(F)(F)F)c2)o1. The number of halogens is 4. The zero-order valence-electron chi connectivity index (χ0n) is 12.7. The highest BCUT2D eigenvalue weighted by Gasteiger charge is 2.34. The second kappa shape index (κ2) is 6.78. The molecule has 2 heterocycles. The average molecular weight is 367 g/mol. The second-order valence-corrected chi connectivity index (χ2v) is 4.90. The molecule has 0 unspecified atom stereocenters. The van der Waals surface area contributed by atoms with E-state index in [2.05, 4.69) is 25.8 Å². The van der Waals surface area contributed by atoms with Crippen LogP contribution >= 0.6 is 0 Å². The van der Waals surface area contributed by atoms with Crippen LogP contribution in [0.5, 0.6) is 0 Å². The number of alkyl halides is 3. The van der Waals surface area contributed by atoms with Crippen molar-refractivity contribution in [2.45, 2.75) is 6.18 Å². The van der Waals surface area contributed by atoms with E-state index in [1.807, 2.05) is 0 Å². The lowest BCUT2D eigenvalue weighted by Gasteiger charge is -2.09. The summed E-state index contributed by atoms with van der Waals surface area (Å²) in [5, 5.41) is 11.8. The maximum Gasteiger partial charge on any atom is 0.419 e. The van der Waals surface area contributed by atoms with E-state index < -0.39 is 29.4 Å². The van der Waals surface area contributed by atoms with E-state index in [0.29, 0.717) is 12.1 Å². The summed E-state index contributed by atoms with van der Waals surface area (Å²) in [5.41, 5.74) is -1.59. The standard InChI is InChI=1S/C15H9F4N5O2/c16-10-5-4-8(7-9(10)15(17,18)19)21-14-24-23-13(26-14)12(25)22-11-3-1-2-6-20-11/h1-7H,(H,21,24)(H,20,22,25). The van der Waals surface area contributed by atoms with Crippen molar-refractivity contribution < 1.29 is 26.8 Å². The summed E-state index contributed by atoms with van der Waals surface area (Å²) in [4.78, 5) is 15.8. The van der Waals surface area contributed by atoms with Crippen LogP contribution in [-0.4, -0.2) is 21.1 Å². The van der Waals surface area contributed by atoms with Crippen LogP contribution in [0, 0.1) is 5.82 Å². The van der Waals surface area contributed by atoms with Crippen LogP contribution in [0.1, 0.15) is 16.2 Å². The van der Waals surface area contributed by atoms with Crippen LogP contribution in [0.3, 0.4) is 0 Å². The number of amides is 1. The van der Waals surface area contributed by atoms with Crippen molar-refractivity contribution in [1.82, 2.24) is 15.2 Å². The van der Waals surface area contributed by atoms with Gasteiger partial charge in [-0.3, -0.25) is 4.79 Å². The fourth-order valence-electron chi connectivity index (χ4n) is 1.92. The van der Waals surface area contributed by atoms with Gasteiger partial charge in [-0.1, -0.05) is 11.2 Å². The molecule has 0 aliphatic heterocycles. The van der Waals surface area contributed by atoms with Crippen molar-refractivity contribution >= 4 is 23.4 Å². The number of nitrogens with one attached hydrogen (secondary N) is 2. The molecule has 0 bridgehead atoms. The summed E-state index contributed by atoms with van der Waals surface area (Å²) in [6.07, 6.45) is -3.40. The van der Waals surface area contributed by atoms with Crippen LogP contribution in [0.4, 0.5) is 35.1 Å². The van der Waals surface area contributed by atoms with E-state index in [1.54, 1.807) is 12.1 Å². The lowest BCUT2D eigenvalue weighted by molar-refractivity contribution is -0.139. The van der Waals surface area contributed by atoms with Gasteiger partial charge < -0.3 is 15.1 Å². The minimum atomic E-state index is -4.86. The molecule has 0 atom stereocenters. The Morgan fingerprint density at radius 2 is 1.92 bits per heavy atom. The van der Waals surface area contributed by atoms with Crippen molar-refractivity contribution in [3.05, 3.63) is 59.9 Å². The zero-order valence-corrected chi connectivity index (χ0v) is 12.7. The van der Waals surface area contributed by atoms with Gasteiger partial charge in [0, 0.05) is 11.9 Å². The van der Waals surface area contributed by atoms with Gasteiger partial charge in [-0.05, 0) is 30.3 Å². The largest absolute Gasteiger partial charge is 0.419 e. The molecule has 3 aromatic rings. The molecule has 0 aliphatic rings. The Labute approximate surface area is 143 Å². The quantitative estimate of drug-likeness (QED) is 0.684. The number of rotatable bonds is 4. The van der Waals surface area contributed by atoms with E-state index in [4.69, 9.17) is 4.42 Å². The number of hydrogen-bond acceptors (Lipinski definition) is 6. The van der Waals surface area contributed by atoms with Crippen molar-refractivity contribution in [2.75, 3.05) is 10.6 Å². The van der Waals surface area contributed by atoms with Crippen LogP contribution in [0.2, 0.25) is 0 Å². The summed E-state index contributed by atoms with van der Waals surface area (Å²) in [7, 11) is 0. The number of hydrogen-bond donors (Lipinski definition) is 2. The van der Waals surface area contributed by atoms with Crippen LogP contribution in [0.15, 0.2) is 47.0 Å². The van der Waals surface area contributed by atoms with Crippen LogP contribution < -0.4 is 10.6 Å². The van der Waals surface area contributed by atoms with Crippen LogP contribution in [0.25, 0.3) is 0 Å². The monoisotopic (exact) mass is 367 g/mol. The van der Waals surface area contributed by atoms with Gasteiger partial charge in [-0.2, -0.15) is 13.2 Å². The molecule has 0 aliphatic carbocycles. The van der Waals surface area contributed by atoms with Crippen molar-refractivity contribution in [2.24, 2.45) is 0 Å². The first kappa shape index (κ1) is 17.3. The molecule has 1 amide bonds. The summed E-state index contributed by atoms with van der Waals surface area (Å²) in [6, 6.07) is 6.75. The fourth-order valence-corrected chi connectivity index (χ4v) is 1.92. The normalized spacial score (nSPS) is 11.2. The molecule has 2 aromatic heterocycles. The third-order valence-corrected chi connectivity index (χ3v) is 3.05. The highest BCUT2D eigenvalue weighted by atomic mass is 19.4. The Morgan fingerprint density at radius 1 is 1.12 bits per heavy atom. The first-order valence-corrected chi connectivity index (χ1v) is 7.02. The fraction of sp³-hybridized carbons (Fsp3) is 0.0667. The molecule has 0 saturated carbocycles. The Bertz CT molecular complexity index is 927. The van der Waals surface area contributed by atoms with Gasteiger partial charge in [0.05, 0.1) is 5.56 Å². The third kappa shape index (κ3) is 3.94. The molecule has 1 aromatic carbocycles. The van der Waals surface area contributed by atoms with Gasteiger partial charge in [0.25, 0.3) is 0 Å². The van der Waals surface area contributed by atoms with Crippen LogP contribution in [-0.2, 0) is 6.18 Å². The molecular formula is C15H9F4N5O2. The van der Waals surface area contributed by atoms with Gasteiger partial charge in [0.2, 0.25) is 0 Å². The lowest BCUT2D eigenvalue weighted by atomic mass is 10.2. The van der Waals surface area contributed by atoms with E-state index in [1.165, 1.54) is 12.3 Å². The summed E-state index contributed by atoms with van der Waals surface area (Å²) < 4.78 is 56.4. The summed E-state index contributed by atoms with van der Waals surface area (Å²) >= 11 is 0. The van der Waals surface area contributed by atoms with Gasteiger partial charge in [0.1, 0.15) is 11.6 Å². The first-order valence-electron chi connectivity index (χ1n) is 7.02. The highest BCUT2D eigenvalue weighted by Crippen LogP contribution is 2.33. The Balaban J connectivity index is 1.74. The molecule has 2 N–H and O–H groups in total. The Kier molecular flexibility index (Phi) is 4.52. The first-order chi connectivity index (χ1) is 12.3. The molecule has 26 heavy (non-hydrogen) atoms. The van der Waals surface area contributed by atoms with E-state index in [0.717, 1.165) is 6.07 Å². The smallest absolute Gasteiger partial charge is 0.399 e. The minimum absolute atomic E-state index is 0.140. The second-order valence-electron chi connectivity index (χ2n) is 4.90. The lowest BCUT2D eigenvalue weighted by Crippen LogP contribution is -2.13. The summed E-state index contributed by atoms with van der Waals surface area (Å²) in [5.74, 6) is -2.35. The molecule has 0 spiro atoms. The number of anilines is 3. The van der Waals surface area contributed by atoms with Gasteiger partial charge >= 0.3 is 24.0 Å². The molecule has 134 valence electrons. The molecule has 11 heteroatoms. The number of carbonyl (C=O) groups is 1. The van der Waals surface area contributed by atoms with E-state index in [-0.39, 0.29) is 17.5 Å². The molecular weight excluding hydrogens is 358 g/mol. The average Bonchev–Trinajstić information content (AvgIpc) is 3.05. The maximum absolute atomic E-state index is 13.3. The van der Waals surface area contributed by atoms with E-state index in [9.17, 15) is 22.4 Å². The van der Waals surface area contributed by atoms with Gasteiger partial charge in [-0.25, -0.2) is 9.37 Å². The Hall–Kier alpha value is -3.50. The van der Waals surface area contributed by atoms with E-state index >= 15 is 0 Å². The van der Waals surface area contributed by atoms with Gasteiger partial charge in [0.15, 0.2) is 0 Å². The molecule has 3 rings (SSSR count). The number of benzene rings is 1. The minimum Gasteiger partial charge on any atom is -0.399 e. The van der Waals surface area contributed by atoms with Crippen molar-refractivity contribution in [3.63, 3.8) is 0 Å². The number of aromatic nitrogens is 3. The molecule has 7 nitrogen and oxygen atoms in total. The number of carbonyl (C=O) groups excluding carboxylic acids is 1. The molecule has 0 saturated heterocycles. The maximum atomic E-state index is 13.3.